The number of carbonyl (C=O) groups is 1. The van der Waals surface area contributed by atoms with Gasteiger partial charge in [0.05, 0.1) is 0 Å². The van der Waals surface area contributed by atoms with Gasteiger partial charge in [-0.3, -0.25) is 0 Å². The third-order valence-corrected chi connectivity index (χ3v) is 3.30. The molecular formula is C14H13FN2O2. The molecule has 2 aliphatic rings. The normalized spacial score (nSPS) is 22.2. The number of hydrogen-bond donors (Lipinski definition) is 2. The largest absolute Gasteiger partial charge is 0.454 e. The second-order valence-corrected chi connectivity index (χ2v) is 4.60. The van der Waals surface area contributed by atoms with Crippen LogP contribution in [0.1, 0.15) is 23.7 Å². The fourth-order valence-electron chi connectivity index (χ4n) is 2.34. The van der Waals surface area contributed by atoms with E-state index in [1.165, 1.54) is 12.1 Å². The van der Waals surface area contributed by atoms with Crippen molar-refractivity contribution in [3.05, 3.63) is 53.5 Å². The second kappa shape index (κ2) is 4.51. The zero-order valence-electron chi connectivity index (χ0n) is 10.2. The number of cyclic esters (lactones) is 1. The first-order valence-electron chi connectivity index (χ1n) is 6.01. The molecule has 2 aliphatic heterocycles. The molecule has 19 heavy (non-hydrogen) atoms. The smallest absolute Gasteiger partial charge is 0.334 e. The molecule has 2 heterocycles. The summed E-state index contributed by atoms with van der Waals surface area (Å²) in [4.78, 5) is 11.4. The predicted octanol–water partition coefficient (Wildman–Crippen LogP) is 1.82. The van der Waals surface area contributed by atoms with E-state index in [0.29, 0.717) is 24.1 Å². The lowest BCUT2D eigenvalue weighted by Crippen LogP contribution is -2.20. The molecule has 0 bridgehead atoms. The highest BCUT2D eigenvalue weighted by Gasteiger charge is 2.31. The van der Waals surface area contributed by atoms with Gasteiger partial charge in [-0.15, -0.1) is 0 Å². The number of carbonyl (C=O) groups excluding carboxylic acids is 1. The van der Waals surface area contributed by atoms with Gasteiger partial charge in [-0.2, -0.15) is 0 Å². The van der Waals surface area contributed by atoms with Crippen molar-refractivity contribution in [3.8, 4) is 0 Å². The quantitative estimate of drug-likeness (QED) is 0.629. The first-order valence-corrected chi connectivity index (χ1v) is 6.01. The third kappa shape index (κ3) is 2.13. The van der Waals surface area contributed by atoms with Gasteiger partial charge in [0.15, 0.2) is 0 Å². The molecule has 0 aromatic heterocycles. The minimum absolute atomic E-state index is 0.341. The average molecular weight is 260 g/mol. The summed E-state index contributed by atoms with van der Waals surface area (Å²) in [5, 5.41) is 0. The lowest BCUT2D eigenvalue weighted by atomic mass is 9.94. The van der Waals surface area contributed by atoms with E-state index in [9.17, 15) is 9.18 Å². The van der Waals surface area contributed by atoms with Gasteiger partial charge < -0.3 is 10.2 Å². The van der Waals surface area contributed by atoms with Gasteiger partial charge in [0.2, 0.25) is 0 Å². The van der Waals surface area contributed by atoms with Gasteiger partial charge in [0.25, 0.3) is 0 Å². The van der Waals surface area contributed by atoms with Gasteiger partial charge in [-0.1, -0.05) is 12.6 Å². The van der Waals surface area contributed by atoms with Crippen LogP contribution in [0.3, 0.4) is 0 Å². The second-order valence-electron chi connectivity index (χ2n) is 4.60. The molecule has 1 aromatic carbocycles. The lowest BCUT2D eigenvalue weighted by molar-refractivity contribution is -0.139. The summed E-state index contributed by atoms with van der Waals surface area (Å²) in [6.45, 7) is 4.29. The molecule has 1 fully saturated rings. The molecule has 98 valence electrons. The van der Waals surface area contributed by atoms with E-state index < -0.39 is 12.1 Å². The Morgan fingerprint density at radius 3 is 2.89 bits per heavy atom. The maximum atomic E-state index is 13.5. The van der Waals surface area contributed by atoms with Crippen LogP contribution in [-0.2, 0) is 9.53 Å². The van der Waals surface area contributed by atoms with E-state index in [0.717, 1.165) is 11.1 Å². The Morgan fingerprint density at radius 2 is 2.26 bits per heavy atom. The molecule has 5 heteroatoms. The zero-order valence-corrected chi connectivity index (χ0v) is 10.2. The van der Waals surface area contributed by atoms with Crippen LogP contribution in [-0.4, -0.2) is 12.5 Å². The Hall–Kier alpha value is -2.14. The maximum absolute atomic E-state index is 13.5. The van der Waals surface area contributed by atoms with E-state index in [-0.39, 0.29) is 5.82 Å². The minimum atomic E-state index is -0.452. The van der Waals surface area contributed by atoms with Crippen molar-refractivity contribution in [3.63, 3.8) is 0 Å². The summed E-state index contributed by atoms with van der Waals surface area (Å²) >= 11 is 0. The van der Waals surface area contributed by atoms with Crippen molar-refractivity contribution >= 4 is 11.5 Å². The minimum Gasteiger partial charge on any atom is -0.454 e. The van der Waals surface area contributed by atoms with Crippen LogP contribution < -0.4 is 10.9 Å². The van der Waals surface area contributed by atoms with Gasteiger partial charge in [0.1, 0.15) is 11.9 Å². The summed E-state index contributed by atoms with van der Waals surface area (Å²) in [6, 6.07) is 4.54. The van der Waals surface area contributed by atoms with Crippen LogP contribution in [0.15, 0.2) is 36.6 Å². The number of benzene rings is 1. The fraction of sp³-hybridized carbons (Fsp3) is 0.214. The van der Waals surface area contributed by atoms with Crippen molar-refractivity contribution in [2.45, 2.75) is 12.5 Å². The first kappa shape index (κ1) is 11.9. The van der Waals surface area contributed by atoms with E-state index in [1.54, 1.807) is 6.07 Å². The SMILES string of the molecule is C=C1CC(c2cc(F)ccc2C2=CNNC2)OC1=O. The highest BCUT2D eigenvalue weighted by atomic mass is 19.1. The van der Waals surface area contributed by atoms with Crippen LogP contribution in [0, 0.1) is 5.82 Å². The number of hydrazine groups is 1. The van der Waals surface area contributed by atoms with E-state index in [1.807, 2.05) is 6.20 Å². The molecule has 0 aliphatic carbocycles. The number of ether oxygens (including phenoxy) is 1. The van der Waals surface area contributed by atoms with Crippen molar-refractivity contribution in [1.29, 1.82) is 0 Å². The van der Waals surface area contributed by atoms with Gasteiger partial charge in [-0.05, 0) is 23.3 Å². The van der Waals surface area contributed by atoms with Crippen molar-refractivity contribution in [2.75, 3.05) is 6.54 Å². The van der Waals surface area contributed by atoms with Crippen molar-refractivity contribution in [2.24, 2.45) is 0 Å². The van der Waals surface area contributed by atoms with Crippen LogP contribution in [0.5, 0.6) is 0 Å². The highest BCUT2D eigenvalue weighted by Crippen LogP contribution is 2.36. The molecule has 1 aromatic rings. The zero-order chi connectivity index (χ0) is 13.4. The molecule has 1 unspecified atom stereocenters. The summed E-state index contributed by atoms with van der Waals surface area (Å²) in [7, 11) is 0. The van der Waals surface area contributed by atoms with Crippen LogP contribution in [0.25, 0.3) is 5.57 Å². The highest BCUT2D eigenvalue weighted by molar-refractivity contribution is 5.90. The molecule has 0 amide bonds. The predicted molar refractivity (Wildman–Crippen MR) is 68.1 cm³/mol. The number of rotatable bonds is 2. The molecule has 3 rings (SSSR count). The number of nitrogens with one attached hydrogen (secondary N) is 2. The summed E-state index contributed by atoms with van der Waals surface area (Å²) < 4.78 is 18.7. The molecule has 0 saturated carbocycles. The average Bonchev–Trinajstić information content (AvgIpc) is 3.00. The molecule has 1 saturated heterocycles. The van der Waals surface area contributed by atoms with Crippen molar-refractivity contribution < 1.29 is 13.9 Å². The van der Waals surface area contributed by atoms with Gasteiger partial charge in [-0.25, -0.2) is 14.6 Å². The Labute approximate surface area is 109 Å². The third-order valence-electron chi connectivity index (χ3n) is 3.30. The number of esters is 1. The fourth-order valence-corrected chi connectivity index (χ4v) is 2.34. The van der Waals surface area contributed by atoms with Gasteiger partial charge >= 0.3 is 5.97 Å². The Kier molecular flexibility index (Phi) is 2.83. The topological polar surface area (TPSA) is 50.4 Å². The standard InChI is InChI=1S/C14H13FN2O2/c1-8-4-13(19-14(8)18)12-5-10(15)2-3-11(12)9-6-16-17-7-9/h2-3,5-6,13,16-17H,1,4,7H2. The molecule has 1 atom stereocenters. The Balaban J connectivity index is 2.02. The van der Waals surface area contributed by atoms with E-state index >= 15 is 0 Å². The Morgan fingerprint density at radius 1 is 1.42 bits per heavy atom. The Bertz CT molecular complexity index is 579. The van der Waals surface area contributed by atoms with E-state index in [2.05, 4.69) is 17.4 Å². The monoisotopic (exact) mass is 260 g/mol. The number of hydrogen-bond acceptors (Lipinski definition) is 4. The van der Waals surface area contributed by atoms with Crippen LogP contribution in [0.2, 0.25) is 0 Å². The first-order chi connectivity index (χ1) is 9.15. The summed E-state index contributed by atoms with van der Waals surface area (Å²) in [6.07, 6.45) is 1.78. The molecule has 0 radical (unpaired) electrons. The molecule has 0 spiro atoms. The van der Waals surface area contributed by atoms with Gasteiger partial charge in [0, 0.05) is 30.3 Å². The summed E-state index contributed by atoms with van der Waals surface area (Å²) in [5.74, 6) is -0.747. The van der Waals surface area contributed by atoms with Crippen LogP contribution in [0.4, 0.5) is 4.39 Å². The van der Waals surface area contributed by atoms with E-state index in [4.69, 9.17) is 4.74 Å². The molecular weight excluding hydrogens is 247 g/mol. The summed E-state index contributed by atoms with van der Waals surface area (Å²) in [5.41, 5.74) is 8.84. The molecule has 4 nitrogen and oxygen atoms in total. The lowest BCUT2D eigenvalue weighted by Gasteiger charge is -2.15. The van der Waals surface area contributed by atoms with Crippen molar-refractivity contribution in [1.82, 2.24) is 10.9 Å². The molecule has 2 N–H and O–H groups in total. The maximum Gasteiger partial charge on any atom is 0.334 e. The van der Waals surface area contributed by atoms with Crippen LogP contribution >= 0.6 is 0 Å². The number of halogens is 1.